The molecule has 3 aromatic carbocycles. The fourth-order valence-electron chi connectivity index (χ4n) is 2.32. The highest BCUT2D eigenvalue weighted by molar-refractivity contribution is 5.99. The Bertz CT molecular complexity index is 1000. The van der Waals surface area contributed by atoms with E-state index in [1.54, 1.807) is 31.4 Å². The molecule has 28 heavy (non-hydrogen) atoms. The summed E-state index contributed by atoms with van der Waals surface area (Å²) < 4.78 is 5.28. The van der Waals surface area contributed by atoms with Crippen LogP contribution in [0, 0.1) is 10.1 Å². The van der Waals surface area contributed by atoms with Gasteiger partial charge >= 0.3 is 0 Å². The molecule has 0 radical (unpaired) electrons. The largest absolute Gasteiger partial charge is 0.494 e. The quantitative estimate of drug-likeness (QED) is 0.211. The highest BCUT2D eigenvalue weighted by Crippen LogP contribution is 2.26. The van der Waals surface area contributed by atoms with E-state index in [1.807, 2.05) is 42.5 Å². The van der Waals surface area contributed by atoms with Gasteiger partial charge in [0.15, 0.2) is 0 Å². The van der Waals surface area contributed by atoms with Crippen molar-refractivity contribution in [2.45, 2.75) is 0 Å². The molecule has 0 spiro atoms. The molecule has 0 bridgehead atoms. The number of non-ortho nitro benzene ring substituents is 1. The lowest BCUT2D eigenvalue weighted by atomic mass is 10.2. The number of nitro benzene ring substituents is 1. The highest BCUT2D eigenvalue weighted by Gasteiger charge is 2.06. The van der Waals surface area contributed by atoms with Gasteiger partial charge in [-0.05, 0) is 24.3 Å². The van der Waals surface area contributed by atoms with Crippen LogP contribution in [0.15, 0.2) is 94.2 Å². The van der Waals surface area contributed by atoms with Crippen LogP contribution in [0.2, 0.25) is 0 Å². The summed E-state index contributed by atoms with van der Waals surface area (Å²) >= 11 is 0. The molecule has 3 rings (SSSR count). The van der Waals surface area contributed by atoms with Crippen molar-refractivity contribution in [3.05, 3.63) is 94.5 Å². The van der Waals surface area contributed by atoms with Crippen LogP contribution in [0.3, 0.4) is 0 Å². The van der Waals surface area contributed by atoms with Crippen molar-refractivity contribution in [3.63, 3.8) is 0 Å². The zero-order chi connectivity index (χ0) is 19.8. The Balaban J connectivity index is 1.88. The lowest BCUT2D eigenvalue weighted by Crippen LogP contribution is -2.01. The Labute approximate surface area is 161 Å². The number of nitro groups is 1. The molecule has 0 amide bonds. The molecule has 0 saturated carbocycles. The van der Waals surface area contributed by atoms with Crippen molar-refractivity contribution in [2.75, 3.05) is 12.5 Å². The van der Waals surface area contributed by atoms with Gasteiger partial charge in [-0.2, -0.15) is 5.10 Å². The Morgan fingerprint density at radius 2 is 1.64 bits per heavy atom. The topological polar surface area (TPSA) is 101 Å². The van der Waals surface area contributed by atoms with Crippen molar-refractivity contribution in [2.24, 2.45) is 15.3 Å². The third-order valence-electron chi connectivity index (χ3n) is 3.74. The van der Waals surface area contributed by atoms with E-state index in [0.717, 1.165) is 5.56 Å². The molecule has 8 heteroatoms. The first-order valence-electron chi connectivity index (χ1n) is 8.35. The average Bonchev–Trinajstić information content (AvgIpc) is 2.75. The number of nitrogens with one attached hydrogen (secondary N) is 1. The van der Waals surface area contributed by atoms with E-state index in [0.29, 0.717) is 23.0 Å². The number of hydrogen-bond acceptors (Lipinski definition) is 6. The number of ether oxygens (including phenoxy) is 1. The summed E-state index contributed by atoms with van der Waals surface area (Å²) in [6.45, 7) is 0. The number of anilines is 1. The number of benzene rings is 3. The average molecular weight is 375 g/mol. The second-order valence-corrected chi connectivity index (χ2v) is 5.59. The van der Waals surface area contributed by atoms with Crippen molar-refractivity contribution in [1.29, 1.82) is 0 Å². The lowest BCUT2D eigenvalue weighted by Gasteiger charge is -2.05. The number of methoxy groups -OCH3 is 1. The van der Waals surface area contributed by atoms with Gasteiger partial charge in [-0.15, -0.1) is 10.2 Å². The fraction of sp³-hybridized carbons (Fsp3) is 0.0500. The van der Waals surface area contributed by atoms with Gasteiger partial charge in [0.2, 0.25) is 5.84 Å². The van der Waals surface area contributed by atoms with Crippen LogP contribution in [0.4, 0.5) is 17.1 Å². The molecule has 0 aliphatic heterocycles. The van der Waals surface area contributed by atoms with Crippen molar-refractivity contribution >= 4 is 22.9 Å². The first kappa shape index (κ1) is 18.7. The Morgan fingerprint density at radius 3 is 2.32 bits per heavy atom. The zero-order valence-electron chi connectivity index (χ0n) is 15.0. The van der Waals surface area contributed by atoms with Gasteiger partial charge in [-0.25, -0.2) is 0 Å². The summed E-state index contributed by atoms with van der Waals surface area (Å²) in [7, 11) is 1.57. The second-order valence-electron chi connectivity index (χ2n) is 5.59. The third kappa shape index (κ3) is 4.76. The van der Waals surface area contributed by atoms with Crippen LogP contribution in [0.25, 0.3) is 0 Å². The number of para-hydroxylation sites is 1. The molecule has 8 nitrogen and oxygen atoms in total. The maximum Gasteiger partial charge on any atom is 0.269 e. The number of nitrogens with zero attached hydrogens (tertiary/aromatic N) is 4. The number of hydrogen-bond donors (Lipinski definition) is 1. The summed E-state index contributed by atoms with van der Waals surface area (Å²) in [6, 6.07) is 22.6. The van der Waals surface area contributed by atoms with Crippen LogP contribution < -0.4 is 10.2 Å². The minimum Gasteiger partial charge on any atom is -0.494 e. The monoisotopic (exact) mass is 375 g/mol. The summed E-state index contributed by atoms with van der Waals surface area (Å²) in [5, 5.41) is 23.6. The summed E-state index contributed by atoms with van der Waals surface area (Å²) in [5.41, 5.74) is 4.78. The molecule has 0 saturated heterocycles. The van der Waals surface area contributed by atoms with E-state index < -0.39 is 4.92 Å². The first-order chi connectivity index (χ1) is 13.7. The molecule has 0 aromatic heterocycles. The van der Waals surface area contributed by atoms with Crippen molar-refractivity contribution in [1.82, 2.24) is 0 Å². The highest BCUT2D eigenvalue weighted by atomic mass is 16.6. The predicted octanol–water partition coefficient (Wildman–Crippen LogP) is 5.16. The molecule has 0 aliphatic carbocycles. The molecule has 0 heterocycles. The minimum atomic E-state index is -0.454. The van der Waals surface area contributed by atoms with Crippen LogP contribution in [0.5, 0.6) is 5.75 Å². The van der Waals surface area contributed by atoms with E-state index in [4.69, 9.17) is 4.74 Å². The van der Waals surface area contributed by atoms with Crippen LogP contribution in [0.1, 0.15) is 5.56 Å². The SMILES string of the molecule is COc1ccccc1N=N/C(=N\Nc1ccc([N+](=O)[O-])cc1)c1ccccc1. The number of azo groups is 1. The molecule has 140 valence electrons. The predicted molar refractivity (Wildman–Crippen MR) is 107 cm³/mol. The number of rotatable bonds is 6. The van der Waals surface area contributed by atoms with Gasteiger partial charge in [-0.1, -0.05) is 42.5 Å². The standard InChI is InChI=1S/C20H17N5O3/c1-28-19-10-6-5-9-18(19)22-24-20(15-7-3-2-4-8-15)23-21-16-11-13-17(14-12-16)25(26)27/h2-14,21H,1H3/b23-20-,24-22?. The third-order valence-corrected chi connectivity index (χ3v) is 3.74. The normalized spacial score (nSPS) is 11.4. The first-order valence-corrected chi connectivity index (χ1v) is 8.35. The smallest absolute Gasteiger partial charge is 0.269 e. The Hall–Kier alpha value is -4.07. The van der Waals surface area contributed by atoms with Gasteiger partial charge in [0.25, 0.3) is 5.69 Å². The van der Waals surface area contributed by atoms with Crippen LogP contribution in [-0.2, 0) is 0 Å². The zero-order valence-corrected chi connectivity index (χ0v) is 15.0. The molecule has 1 N–H and O–H groups in total. The molecule has 3 aromatic rings. The number of hydrazone groups is 1. The van der Waals surface area contributed by atoms with Crippen LogP contribution >= 0.6 is 0 Å². The summed E-state index contributed by atoms with van der Waals surface area (Å²) in [6.07, 6.45) is 0. The molecular formula is C20H17N5O3. The molecule has 0 fully saturated rings. The fourth-order valence-corrected chi connectivity index (χ4v) is 2.32. The summed E-state index contributed by atoms with van der Waals surface area (Å²) in [4.78, 5) is 10.3. The molecule has 0 atom stereocenters. The molecular weight excluding hydrogens is 358 g/mol. The Kier molecular flexibility index (Phi) is 6.04. The Morgan fingerprint density at radius 1 is 0.964 bits per heavy atom. The van der Waals surface area contributed by atoms with Crippen molar-refractivity contribution < 1.29 is 9.66 Å². The van der Waals surface area contributed by atoms with Gasteiger partial charge < -0.3 is 4.74 Å². The van der Waals surface area contributed by atoms with Gasteiger partial charge in [0.1, 0.15) is 11.4 Å². The number of amidine groups is 1. The molecule has 0 aliphatic rings. The van der Waals surface area contributed by atoms with Crippen LogP contribution in [-0.4, -0.2) is 17.9 Å². The van der Waals surface area contributed by atoms with Crippen molar-refractivity contribution in [3.8, 4) is 5.75 Å². The lowest BCUT2D eigenvalue weighted by molar-refractivity contribution is -0.384. The van der Waals surface area contributed by atoms with E-state index in [1.165, 1.54) is 12.1 Å². The van der Waals surface area contributed by atoms with E-state index in [2.05, 4.69) is 20.8 Å². The maximum atomic E-state index is 10.8. The maximum absolute atomic E-state index is 10.8. The molecule has 0 unspecified atom stereocenters. The van der Waals surface area contributed by atoms with Gasteiger partial charge in [0, 0.05) is 17.7 Å². The van der Waals surface area contributed by atoms with Gasteiger partial charge in [-0.3, -0.25) is 15.5 Å². The van der Waals surface area contributed by atoms with E-state index in [9.17, 15) is 10.1 Å². The van der Waals surface area contributed by atoms with E-state index >= 15 is 0 Å². The minimum absolute atomic E-state index is 0.00803. The van der Waals surface area contributed by atoms with Gasteiger partial charge in [0.05, 0.1) is 17.7 Å². The van der Waals surface area contributed by atoms with E-state index in [-0.39, 0.29) is 5.69 Å². The second kappa shape index (κ2) is 9.04. The summed E-state index contributed by atoms with van der Waals surface area (Å²) in [5.74, 6) is 0.951.